The summed E-state index contributed by atoms with van der Waals surface area (Å²) in [5.74, 6) is 0. The molecule has 0 spiro atoms. The first-order valence-electron chi connectivity index (χ1n) is 8.68. The Bertz CT molecular complexity index is 872. The molecule has 0 amide bonds. The molecule has 0 aromatic heterocycles. The van der Waals surface area contributed by atoms with E-state index in [0.717, 1.165) is 6.42 Å². The van der Waals surface area contributed by atoms with Gasteiger partial charge in [-0.15, -0.1) is 0 Å². The Labute approximate surface area is 149 Å². The Kier molecular flexibility index (Phi) is 4.43. The third-order valence-electron chi connectivity index (χ3n) is 4.59. The van der Waals surface area contributed by atoms with E-state index in [2.05, 4.69) is 109 Å². The fraction of sp³-hybridized carbons (Fsp3) is 0.0400. The van der Waals surface area contributed by atoms with Gasteiger partial charge in [-0.1, -0.05) is 109 Å². The number of hydrogen-bond donors (Lipinski definition) is 0. The number of benzene rings is 4. The summed E-state index contributed by atoms with van der Waals surface area (Å²) in [5.41, 5.74) is 7.89. The summed E-state index contributed by atoms with van der Waals surface area (Å²) < 4.78 is 0. The van der Waals surface area contributed by atoms with Crippen LogP contribution in [0, 0.1) is 0 Å². The SMILES string of the molecule is c1ccc(-c2ccccc2Cc2ccccc2-c2ccccc2)cc1. The first-order chi connectivity index (χ1) is 12.4. The maximum atomic E-state index is 2.24. The van der Waals surface area contributed by atoms with Crippen LogP contribution in [0.3, 0.4) is 0 Å². The molecular formula is C25H20. The predicted molar refractivity (Wildman–Crippen MR) is 107 cm³/mol. The Morgan fingerprint density at radius 1 is 0.360 bits per heavy atom. The predicted octanol–water partition coefficient (Wildman–Crippen LogP) is 6.61. The summed E-state index contributed by atoms with van der Waals surface area (Å²) in [6.07, 6.45) is 0.927. The lowest BCUT2D eigenvalue weighted by molar-refractivity contribution is 1.20. The van der Waals surface area contributed by atoms with Crippen molar-refractivity contribution in [2.45, 2.75) is 6.42 Å². The van der Waals surface area contributed by atoms with Crippen LogP contribution < -0.4 is 0 Å². The minimum atomic E-state index is 0.927. The van der Waals surface area contributed by atoms with Gasteiger partial charge in [0.15, 0.2) is 0 Å². The molecule has 0 fully saturated rings. The molecule has 0 heterocycles. The topological polar surface area (TPSA) is 0 Å². The monoisotopic (exact) mass is 320 g/mol. The summed E-state index contributed by atoms with van der Waals surface area (Å²) >= 11 is 0. The quantitative estimate of drug-likeness (QED) is 0.397. The fourth-order valence-electron chi connectivity index (χ4n) is 3.35. The van der Waals surface area contributed by atoms with Crippen molar-refractivity contribution in [2.75, 3.05) is 0 Å². The molecule has 0 nitrogen and oxygen atoms in total. The van der Waals surface area contributed by atoms with Gasteiger partial charge in [0.05, 0.1) is 0 Å². The Hall–Kier alpha value is -3.12. The van der Waals surface area contributed by atoms with E-state index in [1.165, 1.54) is 33.4 Å². The summed E-state index contributed by atoms with van der Waals surface area (Å²) in [5, 5.41) is 0. The molecule has 4 aromatic rings. The minimum absolute atomic E-state index is 0.927. The largest absolute Gasteiger partial charge is 0.0622 e. The van der Waals surface area contributed by atoms with Crippen molar-refractivity contribution in [3.05, 3.63) is 120 Å². The van der Waals surface area contributed by atoms with E-state index in [4.69, 9.17) is 0 Å². The lowest BCUT2D eigenvalue weighted by Gasteiger charge is -2.13. The van der Waals surface area contributed by atoms with Gasteiger partial charge in [-0.2, -0.15) is 0 Å². The van der Waals surface area contributed by atoms with Crippen molar-refractivity contribution in [3.63, 3.8) is 0 Å². The summed E-state index contributed by atoms with van der Waals surface area (Å²) in [7, 11) is 0. The maximum Gasteiger partial charge on any atom is -0.00135 e. The van der Waals surface area contributed by atoms with Gasteiger partial charge in [0, 0.05) is 0 Å². The highest BCUT2D eigenvalue weighted by atomic mass is 14.1. The molecule has 0 N–H and O–H groups in total. The molecule has 0 bridgehead atoms. The van der Waals surface area contributed by atoms with E-state index in [1.807, 2.05) is 0 Å². The van der Waals surface area contributed by atoms with Gasteiger partial charge in [-0.05, 0) is 39.8 Å². The van der Waals surface area contributed by atoms with Gasteiger partial charge in [-0.25, -0.2) is 0 Å². The van der Waals surface area contributed by atoms with Crippen LogP contribution in [0.25, 0.3) is 22.3 Å². The molecule has 0 saturated carbocycles. The van der Waals surface area contributed by atoms with E-state index in [0.29, 0.717) is 0 Å². The zero-order valence-corrected chi connectivity index (χ0v) is 14.1. The smallest absolute Gasteiger partial charge is 0.00135 e. The van der Waals surface area contributed by atoms with E-state index in [-0.39, 0.29) is 0 Å². The third kappa shape index (κ3) is 3.39. The summed E-state index contributed by atoms with van der Waals surface area (Å²) in [4.78, 5) is 0. The average molecular weight is 320 g/mol. The van der Waals surface area contributed by atoms with E-state index in [9.17, 15) is 0 Å². The second-order valence-corrected chi connectivity index (χ2v) is 6.22. The number of hydrogen-bond acceptors (Lipinski definition) is 0. The van der Waals surface area contributed by atoms with Crippen molar-refractivity contribution in [1.29, 1.82) is 0 Å². The van der Waals surface area contributed by atoms with Crippen LogP contribution >= 0.6 is 0 Å². The zero-order chi connectivity index (χ0) is 16.9. The summed E-state index contributed by atoms with van der Waals surface area (Å²) in [6, 6.07) is 38.7. The maximum absolute atomic E-state index is 2.24. The van der Waals surface area contributed by atoms with Crippen LogP contribution in [0.2, 0.25) is 0 Å². The number of rotatable bonds is 4. The van der Waals surface area contributed by atoms with E-state index < -0.39 is 0 Å². The molecule has 4 rings (SSSR count). The molecule has 4 aromatic carbocycles. The van der Waals surface area contributed by atoms with Gasteiger partial charge < -0.3 is 0 Å². The standard InChI is InChI=1S/C25H20/c1-3-11-20(12-4-1)24-17-9-7-15-22(24)19-23-16-8-10-18-25(23)21-13-5-2-6-14-21/h1-18H,19H2. The van der Waals surface area contributed by atoms with Gasteiger partial charge in [-0.3, -0.25) is 0 Å². The minimum Gasteiger partial charge on any atom is -0.0622 e. The highest BCUT2D eigenvalue weighted by Gasteiger charge is 2.09. The molecule has 0 unspecified atom stereocenters. The van der Waals surface area contributed by atoms with E-state index >= 15 is 0 Å². The lowest BCUT2D eigenvalue weighted by Crippen LogP contribution is -1.95. The second kappa shape index (κ2) is 7.19. The van der Waals surface area contributed by atoms with Crippen LogP contribution in [0.4, 0.5) is 0 Å². The van der Waals surface area contributed by atoms with Crippen LogP contribution in [0.15, 0.2) is 109 Å². The lowest BCUT2D eigenvalue weighted by atomic mass is 9.91. The van der Waals surface area contributed by atoms with E-state index in [1.54, 1.807) is 0 Å². The first kappa shape index (κ1) is 15.4. The van der Waals surface area contributed by atoms with Crippen molar-refractivity contribution in [3.8, 4) is 22.3 Å². The highest BCUT2D eigenvalue weighted by molar-refractivity contribution is 5.71. The van der Waals surface area contributed by atoms with Crippen molar-refractivity contribution in [1.82, 2.24) is 0 Å². The molecule has 0 radical (unpaired) electrons. The van der Waals surface area contributed by atoms with Crippen molar-refractivity contribution < 1.29 is 0 Å². The zero-order valence-electron chi connectivity index (χ0n) is 14.1. The van der Waals surface area contributed by atoms with Crippen molar-refractivity contribution in [2.24, 2.45) is 0 Å². The molecule has 25 heavy (non-hydrogen) atoms. The molecule has 120 valence electrons. The molecule has 0 aliphatic carbocycles. The Morgan fingerprint density at radius 2 is 0.720 bits per heavy atom. The molecule has 0 saturated heterocycles. The van der Waals surface area contributed by atoms with Crippen LogP contribution in [0.5, 0.6) is 0 Å². The molecule has 0 aliphatic rings. The third-order valence-corrected chi connectivity index (χ3v) is 4.59. The van der Waals surface area contributed by atoms with Crippen molar-refractivity contribution >= 4 is 0 Å². The van der Waals surface area contributed by atoms with Crippen LogP contribution in [-0.2, 0) is 6.42 Å². The second-order valence-electron chi connectivity index (χ2n) is 6.22. The Balaban J connectivity index is 1.76. The van der Waals surface area contributed by atoms with Crippen LogP contribution in [-0.4, -0.2) is 0 Å². The van der Waals surface area contributed by atoms with Gasteiger partial charge in [0.1, 0.15) is 0 Å². The fourth-order valence-corrected chi connectivity index (χ4v) is 3.35. The van der Waals surface area contributed by atoms with Gasteiger partial charge >= 0.3 is 0 Å². The highest BCUT2D eigenvalue weighted by Crippen LogP contribution is 2.29. The molecular weight excluding hydrogens is 300 g/mol. The Morgan fingerprint density at radius 3 is 1.16 bits per heavy atom. The summed E-state index contributed by atoms with van der Waals surface area (Å²) in [6.45, 7) is 0. The molecule has 0 aliphatic heterocycles. The van der Waals surface area contributed by atoms with Crippen LogP contribution in [0.1, 0.15) is 11.1 Å². The average Bonchev–Trinajstić information content (AvgIpc) is 2.70. The molecule has 0 heteroatoms. The van der Waals surface area contributed by atoms with Gasteiger partial charge in [0.2, 0.25) is 0 Å². The normalized spacial score (nSPS) is 10.6. The first-order valence-corrected chi connectivity index (χ1v) is 8.68. The molecule has 0 atom stereocenters. The van der Waals surface area contributed by atoms with Gasteiger partial charge in [0.25, 0.3) is 0 Å².